The number of thioether (sulfide) groups is 1. The summed E-state index contributed by atoms with van der Waals surface area (Å²) in [6, 6.07) is 12.6. The summed E-state index contributed by atoms with van der Waals surface area (Å²) in [6.45, 7) is 2.55. The van der Waals surface area contributed by atoms with Gasteiger partial charge in [0.1, 0.15) is 0 Å². The Hall–Kier alpha value is -1.00. The fraction of sp³-hybridized carbons (Fsp3) is 0.588. The molecule has 0 bridgehead atoms. The van der Waals surface area contributed by atoms with E-state index in [9.17, 15) is 0 Å². The second-order valence-corrected chi connectivity index (χ2v) is 7.39. The summed E-state index contributed by atoms with van der Waals surface area (Å²) in [6.07, 6.45) is 5.07. The van der Waals surface area contributed by atoms with E-state index in [4.69, 9.17) is 4.99 Å². The van der Waals surface area contributed by atoms with Crippen molar-refractivity contribution in [3.63, 3.8) is 0 Å². The minimum atomic E-state index is 0.539. The first-order chi connectivity index (χ1) is 10.4. The molecule has 3 heterocycles. The number of aliphatic imine (C=N–C) groups is 1. The van der Waals surface area contributed by atoms with Crippen LogP contribution in [0, 0.1) is 0 Å². The molecular weight excluding hydrogens is 278 g/mol. The summed E-state index contributed by atoms with van der Waals surface area (Å²) in [7, 11) is 0. The summed E-state index contributed by atoms with van der Waals surface area (Å²) in [5.41, 5.74) is 1.42. The second-order valence-electron chi connectivity index (χ2n) is 6.38. The monoisotopic (exact) mass is 301 g/mol. The van der Waals surface area contributed by atoms with Crippen LogP contribution in [0.5, 0.6) is 0 Å². The number of hydrogen-bond acceptors (Lipinski definition) is 3. The minimum Gasteiger partial charge on any atom is -0.361 e. The van der Waals surface area contributed by atoms with Crippen molar-refractivity contribution in [1.29, 1.82) is 0 Å². The van der Waals surface area contributed by atoms with Gasteiger partial charge >= 0.3 is 0 Å². The third-order valence-electron chi connectivity index (χ3n) is 4.93. The average Bonchev–Trinajstić information content (AvgIpc) is 3.20. The van der Waals surface area contributed by atoms with Crippen LogP contribution in [0.15, 0.2) is 35.3 Å². The third kappa shape index (κ3) is 2.97. The Morgan fingerprint density at radius 1 is 1.19 bits per heavy atom. The summed E-state index contributed by atoms with van der Waals surface area (Å²) in [5, 5.41) is 4.83. The van der Waals surface area contributed by atoms with E-state index in [0.29, 0.717) is 12.1 Å². The van der Waals surface area contributed by atoms with Crippen molar-refractivity contribution in [2.24, 2.45) is 4.99 Å². The molecule has 0 aliphatic carbocycles. The zero-order valence-corrected chi connectivity index (χ0v) is 13.2. The lowest BCUT2D eigenvalue weighted by atomic mass is 10.1. The predicted molar refractivity (Wildman–Crippen MR) is 90.0 cm³/mol. The highest BCUT2D eigenvalue weighted by Gasteiger charge is 2.37. The van der Waals surface area contributed by atoms with Gasteiger partial charge in [0.05, 0.1) is 6.04 Å². The molecule has 0 radical (unpaired) electrons. The van der Waals surface area contributed by atoms with Gasteiger partial charge in [-0.05, 0) is 37.8 Å². The summed E-state index contributed by atoms with van der Waals surface area (Å²) >= 11 is 1.91. The molecule has 4 heteroatoms. The SMILES string of the molecule is c1ccc(CC2CSC(=NC3CCN4CCCC34)N2)cc1. The molecule has 0 saturated carbocycles. The molecule has 0 spiro atoms. The summed E-state index contributed by atoms with van der Waals surface area (Å²) in [4.78, 5) is 7.67. The van der Waals surface area contributed by atoms with Crippen LogP contribution in [0.2, 0.25) is 0 Å². The van der Waals surface area contributed by atoms with Gasteiger partial charge in [-0.2, -0.15) is 0 Å². The highest BCUT2D eigenvalue weighted by atomic mass is 32.2. The number of nitrogens with one attached hydrogen (secondary N) is 1. The maximum atomic E-state index is 5.04. The van der Waals surface area contributed by atoms with Gasteiger partial charge in [0.2, 0.25) is 0 Å². The number of nitrogens with zero attached hydrogens (tertiary/aromatic N) is 2. The van der Waals surface area contributed by atoms with E-state index in [0.717, 1.165) is 18.2 Å². The highest BCUT2D eigenvalue weighted by Crippen LogP contribution is 2.31. The summed E-state index contributed by atoms with van der Waals surface area (Å²) in [5.74, 6) is 1.15. The molecule has 3 unspecified atom stereocenters. The zero-order valence-electron chi connectivity index (χ0n) is 12.4. The number of rotatable bonds is 3. The molecule has 3 nitrogen and oxygen atoms in total. The van der Waals surface area contributed by atoms with Crippen LogP contribution in [0.25, 0.3) is 0 Å². The average molecular weight is 301 g/mol. The molecule has 1 aromatic carbocycles. The zero-order chi connectivity index (χ0) is 14.1. The van der Waals surface area contributed by atoms with Gasteiger partial charge in [-0.15, -0.1) is 0 Å². The second kappa shape index (κ2) is 6.01. The first-order valence-corrected chi connectivity index (χ1v) is 9.12. The van der Waals surface area contributed by atoms with Crippen molar-refractivity contribution < 1.29 is 0 Å². The molecule has 4 rings (SSSR count). The van der Waals surface area contributed by atoms with Crippen molar-refractivity contribution in [2.75, 3.05) is 18.8 Å². The first kappa shape index (κ1) is 13.6. The molecule has 3 aliphatic rings. The van der Waals surface area contributed by atoms with Gasteiger partial charge in [-0.1, -0.05) is 42.1 Å². The topological polar surface area (TPSA) is 27.6 Å². The van der Waals surface area contributed by atoms with Crippen LogP contribution in [-0.2, 0) is 6.42 Å². The van der Waals surface area contributed by atoms with Crippen molar-refractivity contribution in [3.8, 4) is 0 Å². The Kier molecular flexibility index (Phi) is 3.91. The molecule has 3 aliphatic heterocycles. The Morgan fingerprint density at radius 3 is 3.00 bits per heavy atom. The highest BCUT2D eigenvalue weighted by molar-refractivity contribution is 8.14. The molecule has 3 fully saturated rings. The molecule has 1 aromatic rings. The Bertz CT molecular complexity index is 516. The van der Waals surface area contributed by atoms with E-state index in [1.807, 2.05) is 11.8 Å². The minimum absolute atomic E-state index is 0.539. The van der Waals surface area contributed by atoms with E-state index < -0.39 is 0 Å². The fourth-order valence-electron chi connectivity index (χ4n) is 3.88. The fourth-order valence-corrected chi connectivity index (χ4v) is 4.90. The van der Waals surface area contributed by atoms with Crippen molar-refractivity contribution >= 4 is 16.9 Å². The molecule has 1 N–H and O–H groups in total. The van der Waals surface area contributed by atoms with Crippen LogP contribution >= 0.6 is 11.8 Å². The predicted octanol–water partition coefficient (Wildman–Crippen LogP) is 2.53. The first-order valence-electron chi connectivity index (χ1n) is 8.13. The van der Waals surface area contributed by atoms with E-state index in [1.54, 1.807) is 0 Å². The van der Waals surface area contributed by atoms with Crippen LogP contribution in [-0.4, -0.2) is 47.0 Å². The van der Waals surface area contributed by atoms with Gasteiger partial charge in [0.15, 0.2) is 5.17 Å². The molecule has 3 saturated heterocycles. The third-order valence-corrected chi connectivity index (χ3v) is 5.99. The lowest BCUT2D eigenvalue weighted by molar-refractivity contribution is 0.314. The van der Waals surface area contributed by atoms with Crippen LogP contribution in [0.4, 0.5) is 0 Å². The van der Waals surface area contributed by atoms with Gasteiger partial charge in [0.25, 0.3) is 0 Å². The molecule has 0 amide bonds. The van der Waals surface area contributed by atoms with Gasteiger partial charge < -0.3 is 5.32 Å². The van der Waals surface area contributed by atoms with Crippen LogP contribution in [0.1, 0.15) is 24.8 Å². The van der Waals surface area contributed by atoms with Crippen molar-refractivity contribution in [3.05, 3.63) is 35.9 Å². The molecule has 3 atom stereocenters. The van der Waals surface area contributed by atoms with E-state index >= 15 is 0 Å². The van der Waals surface area contributed by atoms with E-state index in [2.05, 4.69) is 40.5 Å². The maximum absolute atomic E-state index is 5.04. The van der Waals surface area contributed by atoms with Gasteiger partial charge in [-0.25, -0.2) is 0 Å². The lowest BCUT2D eigenvalue weighted by Crippen LogP contribution is -2.32. The number of fused-ring (bicyclic) bond motifs is 1. The lowest BCUT2D eigenvalue weighted by Gasteiger charge is -2.17. The molecule has 0 aromatic heterocycles. The number of amidine groups is 1. The largest absolute Gasteiger partial charge is 0.361 e. The Labute approximate surface area is 131 Å². The number of benzene rings is 1. The Balaban J connectivity index is 1.36. The maximum Gasteiger partial charge on any atom is 0.157 e. The smallest absolute Gasteiger partial charge is 0.157 e. The quantitative estimate of drug-likeness (QED) is 0.930. The molecule has 112 valence electrons. The number of hydrogen-bond donors (Lipinski definition) is 1. The summed E-state index contributed by atoms with van der Waals surface area (Å²) < 4.78 is 0. The molecular formula is C17H23N3S. The van der Waals surface area contributed by atoms with Gasteiger partial charge in [-0.3, -0.25) is 9.89 Å². The van der Waals surface area contributed by atoms with Crippen LogP contribution in [0.3, 0.4) is 0 Å². The molecule has 21 heavy (non-hydrogen) atoms. The van der Waals surface area contributed by atoms with E-state index in [-0.39, 0.29) is 0 Å². The van der Waals surface area contributed by atoms with Crippen molar-refractivity contribution in [1.82, 2.24) is 10.2 Å². The normalized spacial score (nSPS) is 34.3. The van der Waals surface area contributed by atoms with E-state index in [1.165, 1.54) is 43.1 Å². The van der Waals surface area contributed by atoms with Crippen molar-refractivity contribution in [2.45, 2.75) is 43.8 Å². The Morgan fingerprint density at radius 2 is 2.10 bits per heavy atom. The standard InChI is InChI=1S/C17H23N3S/c1-2-5-13(6-3-1)11-14-12-21-17(18-14)19-15-8-10-20-9-4-7-16(15)20/h1-3,5-6,14-16H,4,7-12H2,(H,18,19). The van der Waals surface area contributed by atoms with Gasteiger partial charge in [0, 0.05) is 24.4 Å². The van der Waals surface area contributed by atoms with Crippen LogP contribution < -0.4 is 5.32 Å².